The van der Waals surface area contributed by atoms with Crippen molar-refractivity contribution in [3.63, 3.8) is 0 Å². The van der Waals surface area contributed by atoms with E-state index >= 15 is 0 Å². The van der Waals surface area contributed by atoms with E-state index in [0.29, 0.717) is 0 Å². The highest BCUT2D eigenvalue weighted by atomic mass is 19.1. The van der Waals surface area contributed by atoms with E-state index in [9.17, 15) is 9.50 Å². The summed E-state index contributed by atoms with van der Waals surface area (Å²) in [6.45, 7) is 4.42. The number of methoxy groups -OCH3 is 2. The Morgan fingerprint density at radius 2 is 1.82 bits per heavy atom. The predicted molar refractivity (Wildman–Crippen MR) is 107 cm³/mol. The quantitative estimate of drug-likeness (QED) is 0.753. The summed E-state index contributed by atoms with van der Waals surface area (Å²) in [5.74, 6) is 1.39. The molecule has 152 valence electrons. The molecule has 1 saturated heterocycles. The van der Waals surface area contributed by atoms with Crippen LogP contribution >= 0.6 is 0 Å². The van der Waals surface area contributed by atoms with Crippen LogP contribution in [0.1, 0.15) is 17.5 Å². The van der Waals surface area contributed by atoms with Crippen LogP contribution in [-0.2, 0) is 13.1 Å². The van der Waals surface area contributed by atoms with Crippen molar-refractivity contribution in [2.24, 2.45) is 0 Å². The fraction of sp³-hybridized carbons (Fsp3) is 0.455. The third-order valence-electron chi connectivity index (χ3n) is 5.34. The Hall–Kier alpha value is -2.15. The lowest BCUT2D eigenvalue weighted by atomic mass is 10.1. The van der Waals surface area contributed by atoms with Crippen LogP contribution in [0.3, 0.4) is 0 Å². The van der Waals surface area contributed by atoms with Crippen molar-refractivity contribution in [3.05, 3.63) is 59.4 Å². The van der Waals surface area contributed by atoms with E-state index in [-0.39, 0.29) is 18.5 Å². The van der Waals surface area contributed by atoms with Crippen LogP contribution in [0.15, 0.2) is 42.5 Å². The number of aliphatic hydroxyl groups is 1. The highest BCUT2D eigenvalue weighted by Crippen LogP contribution is 2.27. The molecule has 1 aliphatic rings. The van der Waals surface area contributed by atoms with E-state index in [1.54, 1.807) is 14.2 Å². The van der Waals surface area contributed by atoms with Crippen molar-refractivity contribution in [1.82, 2.24) is 9.80 Å². The molecule has 1 aliphatic heterocycles. The summed E-state index contributed by atoms with van der Waals surface area (Å²) >= 11 is 0. The minimum absolute atomic E-state index is 0.157. The minimum atomic E-state index is -0.214. The Labute approximate surface area is 166 Å². The molecule has 28 heavy (non-hydrogen) atoms. The van der Waals surface area contributed by atoms with Gasteiger partial charge in [-0.15, -0.1) is 0 Å². The highest BCUT2D eigenvalue weighted by Gasteiger charge is 2.27. The van der Waals surface area contributed by atoms with E-state index in [0.717, 1.165) is 61.8 Å². The van der Waals surface area contributed by atoms with Gasteiger partial charge in [-0.05, 0) is 30.2 Å². The maximum Gasteiger partial charge on any atom is 0.127 e. The highest BCUT2D eigenvalue weighted by molar-refractivity contribution is 5.40. The van der Waals surface area contributed by atoms with Crippen LogP contribution in [-0.4, -0.2) is 61.4 Å². The maximum atomic E-state index is 13.2. The van der Waals surface area contributed by atoms with Gasteiger partial charge in [-0.3, -0.25) is 9.80 Å². The normalized spacial score (nSPS) is 18.2. The smallest absolute Gasteiger partial charge is 0.127 e. The fourth-order valence-corrected chi connectivity index (χ4v) is 3.78. The van der Waals surface area contributed by atoms with Crippen molar-refractivity contribution >= 4 is 0 Å². The molecule has 1 atom stereocenters. The van der Waals surface area contributed by atoms with Crippen LogP contribution in [0.5, 0.6) is 11.5 Å². The van der Waals surface area contributed by atoms with E-state index < -0.39 is 0 Å². The Morgan fingerprint density at radius 3 is 2.50 bits per heavy atom. The van der Waals surface area contributed by atoms with Gasteiger partial charge in [0.1, 0.15) is 17.3 Å². The molecule has 0 aliphatic carbocycles. The third-order valence-corrected chi connectivity index (χ3v) is 5.34. The van der Waals surface area contributed by atoms with Gasteiger partial charge in [-0.1, -0.05) is 18.2 Å². The van der Waals surface area contributed by atoms with Crippen molar-refractivity contribution < 1.29 is 19.0 Å². The predicted octanol–water partition coefficient (Wildman–Crippen LogP) is 2.91. The van der Waals surface area contributed by atoms with Crippen LogP contribution in [0.4, 0.5) is 4.39 Å². The summed E-state index contributed by atoms with van der Waals surface area (Å²) in [6, 6.07) is 12.8. The lowest BCUT2D eigenvalue weighted by molar-refractivity contribution is 0.0496. The first-order valence-electron chi connectivity index (χ1n) is 9.65. The zero-order valence-corrected chi connectivity index (χ0v) is 16.6. The third kappa shape index (κ3) is 5.22. The maximum absolute atomic E-state index is 13.2. The van der Waals surface area contributed by atoms with Gasteiger partial charge in [-0.2, -0.15) is 0 Å². The SMILES string of the molecule is COc1ccc(CN2CCN(Cc3ccc(F)cc3)[C@H](CCO)C2)c(OC)c1. The molecular formula is C22H29FN2O3. The largest absolute Gasteiger partial charge is 0.497 e. The van der Waals surface area contributed by atoms with Gasteiger partial charge in [0.05, 0.1) is 14.2 Å². The number of aliphatic hydroxyl groups excluding tert-OH is 1. The minimum Gasteiger partial charge on any atom is -0.497 e. The van der Waals surface area contributed by atoms with Crippen molar-refractivity contribution in [1.29, 1.82) is 0 Å². The van der Waals surface area contributed by atoms with Crippen molar-refractivity contribution in [3.8, 4) is 11.5 Å². The molecule has 5 nitrogen and oxygen atoms in total. The summed E-state index contributed by atoms with van der Waals surface area (Å²) < 4.78 is 24.0. The van der Waals surface area contributed by atoms with Gasteiger partial charge in [0, 0.05) is 57.0 Å². The molecular weight excluding hydrogens is 359 g/mol. The average molecular weight is 388 g/mol. The van der Waals surface area contributed by atoms with Crippen molar-refractivity contribution in [2.45, 2.75) is 25.6 Å². The zero-order chi connectivity index (χ0) is 19.9. The van der Waals surface area contributed by atoms with Gasteiger partial charge in [0.15, 0.2) is 0 Å². The zero-order valence-electron chi connectivity index (χ0n) is 16.6. The average Bonchev–Trinajstić information content (AvgIpc) is 2.72. The summed E-state index contributed by atoms with van der Waals surface area (Å²) in [5.41, 5.74) is 2.22. The molecule has 6 heteroatoms. The Kier molecular flexibility index (Phi) is 7.25. The molecule has 1 N–H and O–H groups in total. The van der Waals surface area contributed by atoms with E-state index in [1.165, 1.54) is 12.1 Å². The number of hydrogen-bond donors (Lipinski definition) is 1. The molecule has 1 fully saturated rings. The first kappa shape index (κ1) is 20.6. The topological polar surface area (TPSA) is 45.2 Å². The molecule has 0 bridgehead atoms. The lowest BCUT2D eigenvalue weighted by Crippen LogP contribution is -2.52. The molecule has 0 aromatic heterocycles. The molecule has 0 spiro atoms. The van der Waals surface area contributed by atoms with Crippen LogP contribution < -0.4 is 9.47 Å². The number of halogens is 1. The van der Waals surface area contributed by atoms with Crippen LogP contribution in [0.25, 0.3) is 0 Å². The number of benzene rings is 2. The Morgan fingerprint density at radius 1 is 1.04 bits per heavy atom. The van der Waals surface area contributed by atoms with Crippen molar-refractivity contribution in [2.75, 3.05) is 40.5 Å². The second kappa shape index (κ2) is 9.87. The van der Waals surface area contributed by atoms with Crippen LogP contribution in [0, 0.1) is 5.82 Å². The lowest BCUT2D eigenvalue weighted by Gasteiger charge is -2.41. The fourth-order valence-electron chi connectivity index (χ4n) is 3.78. The van der Waals surface area contributed by atoms with Gasteiger partial charge in [0.25, 0.3) is 0 Å². The second-order valence-electron chi connectivity index (χ2n) is 7.18. The van der Waals surface area contributed by atoms with Gasteiger partial charge in [0.2, 0.25) is 0 Å². The van der Waals surface area contributed by atoms with Crippen LogP contribution in [0.2, 0.25) is 0 Å². The molecule has 0 unspecified atom stereocenters. The van der Waals surface area contributed by atoms with Gasteiger partial charge in [-0.25, -0.2) is 4.39 Å². The number of rotatable bonds is 8. The summed E-state index contributed by atoms with van der Waals surface area (Å²) in [5, 5.41) is 9.53. The Bertz CT molecular complexity index is 754. The molecule has 2 aromatic carbocycles. The monoisotopic (exact) mass is 388 g/mol. The molecule has 1 heterocycles. The number of hydrogen-bond acceptors (Lipinski definition) is 5. The van der Waals surface area contributed by atoms with E-state index in [1.807, 2.05) is 30.3 Å². The number of nitrogens with zero attached hydrogens (tertiary/aromatic N) is 2. The summed E-state index contributed by atoms with van der Waals surface area (Å²) in [4.78, 5) is 4.77. The molecule has 0 radical (unpaired) electrons. The second-order valence-corrected chi connectivity index (χ2v) is 7.18. The number of ether oxygens (including phenoxy) is 2. The Balaban J connectivity index is 1.65. The van der Waals surface area contributed by atoms with E-state index in [4.69, 9.17) is 9.47 Å². The molecule has 0 saturated carbocycles. The number of piperazine rings is 1. The van der Waals surface area contributed by atoms with E-state index in [2.05, 4.69) is 9.80 Å². The molecule has 0 amide bonds. The first-order valence-corrected chi connectivity index (χ1v) is 9.65. The summed E-state index contributed by atoms with van der Waals surface area (Å²) in [7, 11) is 3.32. The first-order chi connectivity index (χ1) is 13.6. The molecule has 3 rings (SSSR count). The van der Waals surface area contributed by atoms with Gasteiger partial charge < -0.3 is 14.6 Å². The standard InChI is InChI=1S/C22H29FN2O3/c1-27-21-8-5-18(22(13-21)28-2)15-24-10-11-25(20(16-24)9-12-26)14-17-3-6-19(23)7-4-17/h3-8,13,20,26H,9-12,14-16H2,1-2H3/t20-/m1/s1. The van der Waals surface area contributed by atoms with Gasteiger partial charge >= 0.3 is 0 Å². The summed E-state index contributed by atoms with van der Waals surface area (Å²) in [6.07, 6.45) is 0.720. The molecule has 2 aromatic rings.